The van der Waals surface area contributed by atoms with Gasteiger partial charge in [0.15, 0.2) is 5.15 Å². The second kappa shape index (κ2) is 4.08. The monoisotopic (exact) mass is 258 g/mol. The van der Waals surface area contributed by atoms with Crippen molar-refractivity contribution in [3.8, 4) is 10.6 Å². The minimum atomic E-state index is 0.457. The summed E-state index contributed by atoms with van der Waals surface area (Å²) in [6.07, 6.45) is 0. The Morgan fingerprint density at radius 3 is 2.40 bits per heavy atom. The van der Waals surface area contributed by atoms with E-state index in [4.69, 9.17) is 23.2 Å². The van der Waals surface area contributed by atoms with Crippen molar-refractivity contribution < 1.29 is 0 Å². The number of thiophene rings is 1. The summed E-state index contributed by atoms with van der Waals surface area (Å²) in [7, 11) is 0. The molecule has 0 radical (unpaired) electrons. The lowest BCUT2D eigenvalue weighted by Crippen LogP contribution is -1.95. The van der Waals surface area contributed by atoms with Gasteiger partial charge in [0.1, 0.15) is 5.69 Å². The third-order valence-electron chi connectivity index (χ3n) is 2.27. The number of hydrogen-bond acceptors (Lipinski definition) is 3. The third kappa shape index (κ3) is 2.00. The lowest BCUT2D eigenvalue weighted by atomic mass is 10.1. The van der Waals surface area contributed by atoms with Gasteiger partial charge in [0.05, 0.1) is 9.21 Å². The van der Waals surface area contributed by atoms with Gasteiger partial charge in [-0.15, -0.1) is 21.5 Å². The second-order valence-electron chi connectivity index (χ2n) is 3.19. The standard InChI is InChI=1S/C10H8Cl2N2S/c1-5-6(2)10(12)14-13-9(5)7-3-4-8(11)15-7/h3-4H,1-2H3. The normalized spacial score (nSPS) is 10.7. The van der Waals surface area contributed by atoms with Crippen LogP contribution in [0.4, 0.5) is 0 Å². The molecule has 0 fully saturated rings. The van der Waals surface area contributed by atoms with Gasteiger partial charge >= 0.3 is 0 Å². The van der Waals surface area contributed by atoms with Gasteiger partial charge in [-0.1, -0.05) is 23.2 Å². The van der Waals surface area contributed by atoms with Crippen LogP contribution in [-0.4, -0.2) is 10.2 Å². The Bertz CT molecular complexity index is 508. The van der Waals surface area contributed by atoms with Crippen LogP contribution in [0, 0.1) is 13.8 Å². The predicted molar refractivity (Wildman–Crippen MR) is 64.8 cm³/mol. The van der Waals surface area contributed by atoms with Gasteiger partial charge in [-0.05, 0) is 37.1 Å². The molecule has 0 bridgehead atoms. The minimum Gasteiger partial charge on any atom is -0.148 e. The maximum absolute atomic E-state index is 5.88. The van der Waals surface area contributed by atoms with Crippen LogP contribution in [0.25, 0.3) is 10.6 Å². The van der Waals surface area contributed by atoms with Crippen LogP contribution < -0.4 is 0 Å². The van der Waals surface area contributed by atoms with Crippen molar-refractivity contribution >= 4 is 34.5 Å². The fourth-order valence-corrected chi connectivity index (χ4v) is 2.52. The molecule has 0 aliphatic rings. The summed E-state index contributed by atoms with van der Waals surface area (Å²) < 4.78 is 0.749. The van der Waals surface area contributed by atoms with Crippen molar-refractivity contribution in [2.75, 3.05) is 0 Å². The van der Waals surface area contributed by atoms with Crippen molar-refractivity contribution in [2.45, 2.75) is 13.8 Å². The first-order valence-electron chi connectivity index (χ1n) is 4.34. The van der Waals surface area contributed by atoms with Crippen LogP contribution in [0.5, 0.6) is 0 Å². The largest absolute Gasteiger partial charge is 0.154 e. The van der Waals surface area contributed by atoms with Crippen molar-refractivity contribution in [1.29, 1.82) is 0 Å². The van der Waals surface area contributed by atoms with E-state index in [1.807, 2.05) is 26.0 Å². The van der Waals surface area contributed by atoms with Gasteiger partial charge in [-0.3, -0.25) is 0 Å². The molecule has 15 heavy (non-hydrogen) atoms. The van der Waals surface area contributed by atoms with Gasteiger partial charge in [-0.25, -0.2) is 0 Å². The minimum absolute atomic E-state index is 0.457. The Kier molecular flexibility index (Phi) is 2.96. The summed E-state index contributed by atoms with van der Waals surface area (Å²) in [6, 6.07) is 3.80. The lowest BCUT2D eigenvalue weighted by Gasteiger charge is -2.05. The topological polar surface area (TPSA) is 25.8 Å². The number of aromatic nitrogens is 2. The van der Waals surface area contributed by atoms with Crippen LogP contribution in [0.15, 0.2) is 12.1 Å². The smallest absolute Gasteiger partial charge is 0.148 e. The van der Waals surface area contributed by atoms with Crippen molar-refractivity contribution in [1.82, 2.24) is 10.2 Å². The third-order valence-corrected chi connectivity index (χ3v) is 3.87. The first-order chi connectivity index (χ1) is 7.09. The summed E-state index contributed by atoms with van der Waals surface area (Å²) in [5, 5.41) is 8.45. The molecule has 2 nitrogen and oxygen atoms in total. The summed E-state index contributed by atoms with van der Waals surface area (Å²) in [5.74, 6) is 0. The van der Waals surface area contributed by atoms with Gasteiger partial charge < -0.3 is 0 Å². The Labute approximate surface area is 102 Å². The molecular weight excluding hydrogens is 251 g/mol. The maximum Gasteiger partial charge on any atom is 0.154 e. The Morgan fingerprint density at radius 1 is 1.07 bits per heavy atom. The molecule has 2 aromatic rings. The summed E-state index contributed by atoms with van der Waals surface area (Å²) >= 11 is 13.2. The van der Waals surface area contributed by atoms with E-state index in [0.29, 0.717) is 5.15 Å². The Morgan fingerprint density at radius 2 is 1.80 bits per heavy atom. The summed E-state index contributed by atoms with van der Waals surface area (Å²) in [5.41, 5.74) is 2.87. The quantitative estimate of drug-likeness (QED) is 0.769. The molecule has 78 valence electrons. The molecular formula is C10H8Cl2N2S. The van der Waals surface area contributed by atoms with Crippen LogP contribution in [0.2, 0.25) is 9.49 Å². The molecule has 0 aliphatic heterocycles. The van der Waals surface area contributed by atoms with Crippen molar-refractivity contribution in [3.05, 3.63) is 32.7 Å². The first-order valence-corrected chi connectivity index (χ1v) is 5.92. The number of nitrogens with zero attached hydrogens (tertiary/aromatic N) is 2. The fourth-order valence-electron chi connectivity index (χ4n) is 1.25. The molecule has 2 heterocycles. The average molecular weight is 259 g/mol. The molecule has 0 aromatic carbocycles. The zero-order chi connectivity index (χ0) is 11.0. The van der Waals surface area contributed by atoms with Crippen LogP contribution in [-0.2, 0) is 0 Å². The van der Waals surface area contributed by atoms with E-state index in [1.54, 1.807) is 0 Å². The summed E-state index contributed by atoms with van der Waals surface area (Å²) in [6.45, 7) is 3.92. The van der Waals surface area contributed by atoms with E-state index in [0.717, 1.165) is 26.0 Å². The van der Waals surface area contributed by atoms with E-state index in [2.05, 4.69) is 10.2 Å². The Hall–Kier alpha value is -0.640. The van der Waals surface area contributed by atoms with Crippen molar-refractivity contribution in [2.24, 2.45) is 0 Å². The van der Waals surface area contributed by atoms with E-state index < -0.39 is 0 Å². The highest BCUT2D eigenvalue weighted by molar-refractivity contribution is 7.19. The Balaban J connectivity index is 2.59. The van der Waals surface area contributed by atoms with Gasteiger partial charge in [0, 0.05) is 0 Å². The molecule has 0 atom stereocenters. The second-order valence-corrected chi connectivity index (χ2v) is 5.27. The van der Waals surface area contributed by atoms with Gasteiger partial charge in [0.2, 0.25) is 0 Å². The molecule has 0 spiro atoms. The molecule has 2 aromatic heterocycles. The summed E-state index contributed by atoms with van der Waals surface area (Å²) in [4.78, 5) is 1.02. The molecule has 0 aliphatic carbocycles. The van der Waals surface area contributed by atoms with Crippen LogP contribution in [0.1, 0.15) is 11.1 Å². The molecule has 0 amide bonds. The van der Waals surface area contributed by atoms with Gasteiger partial charge in [-0.2, -0.15) is 0 Å². The van der Waals surface area contributed by atoms with E-state index in [-0.39, 0.29) is 0 Å². The molecule has 5 heteroatoms. The molecule has 0 N–H and O–H groups in total. The maximum atomic E-state index is 5.88. The molecule has 0 unspecified atom stereocenters. The lowest BCUT2D eigenvalue weighted by molar-refractivity contribution is 1.01. The molecule has 2 rings (SSSR count). The number of rotatable bonds is 1. The zero-order valence-electron chi connectivity index (χ0n) is 8.21. The van der Waals surface area contributed by atoms with E-state index >= 15 is 0 Å². The first kappa shape index (κ1) is 10.9. The van der Waals surface area contributed by atoms with E-state index in [9.17, 15) is 0 Å². The van der Waals surface area contributed by atoms with E-state index in [1.165, 1.54) is 11.3 Å². The van der Waals surface area contributed by atoms with Crippen LogP contribution in [0.3, 0.4) is 0 Å². The highest BCUT2D eigenvalue weighted by atomic mass is 35.5. The highest BCUT2D eigenvalue weighted by Gasteiger charge is 2.11. The average Bonchev–Trinajstić information content (AvgIpc) is 2.61. The fraction of sp³-hybridized carbons (Fsp3) is 0.200. The highest BCUT2D eigenvalue weighted by Crippen LogP contribution is 2.33. The molecule has 0 saturated heterocycles. The zero-order valence-corrected chi connectivity index (χ0v) is 10.5. The predicted octanol–water partition coefficient (Wildman–Crippen LogP) is 4.13. The number of hydrogen-bond donors (Lipinski definition) is 0. The molecule has 0 saturated carbocycles. The van der Waals surface area contributed by atoms with Gasteiger partial charge in [0.25, 0.3) is 0 Å². The van der Waals surface area contributed by atoms with Crippen molar-refractivity contribution in [3.63, 3.8) is 0 Å². The number of halogens is 2. The van der Waals surface area contributed by atoms with Crippen LogP contribution >= 0.6 is 34.5 Å². The SMILES string of the molecule is Cc1c(Cl)nnc(-c2ccc(Cl)s2)c1C.